The summed E-state index contributed by atoms with van der Waals surface area (Å²) in [7, 11) is 1.39. The number of non-ortho nitro benzene ring substituents is 1. The van der Waals surface area contributed by atoms with Crippen LogP contribution in [0.15, 0.2) is 64.6 Å². The Kier molecular flexibility index (Phi) is 6.88. The predicted octanol–water partition coefficient (Wildman–Crippen LogP) is 4.81. The first-order valence-electron chi connectivity index (χ1n) is 9.53. The van der Waals surface area contributed by atoms with E-state index in [-0.39, 0.29) is 22.8 Å². The van der Waals surface area contributed by atoms with Crippen molar-refractivity contribution in [2.24, 2.45) is 0 Å². The van der Waals surface area contributed by atoms with Gasteiger partial charge in [0.15, 0.2) is 0 Å². The van der Waals surface area contributed by atoms with Gasteiger partial charge in [0, 0.05) is 17.8 Å². The number of hydrogen-bond donors (Lipinski definition) is 1. The Morgan fingerprint density at radius 1 is 1.22 bits per heavy atom. The fourth-order valence-electron chi connectivity index (χ4n) is 2.86. The quantitative estimate of drug-likeness (QED) is 0.234. The number of nitrogens with zero attached hydrogens (tertiary/aromatic N) is 2. The average molecular weight is 433 g/mol. The molecule has 1 heterocycles. The highest BCUT2D eigenvalue weighted by molar-refractivity contribution is 6.09. The molecule has 0 spiro atoms. The number of ether oxygens (including phenoxy) is 2. The molecule has 1 amide bonds. The minimum absolute atomic E-state index is 0.116. The third kappa shape index (κ3) is 5.12. The predicted molar refractivity (Wildman–Crippen MR) is 117 cm³/mol. The number of furan rings is 1. The maximum absolute atomic E-state index is 12.5. The van der Waals surface area contributed by atoms with Crippen LogP contribution in [0.3, 0.4) is 0 Å². The van der Waals surface area contributed by atoms with Gasteiger partial charge in [0.2, 0.25) is 0 Å². The van der Waals surface area contributed by atoms with Crippen molar-refractivity contribution < 1.29 is 23.6 Å². The molecule has 2 aromatic carbocycles. The van der Waals surface area contributed by atoms with E-state index in [0.29, 0.717) is 29.4 Å². The van der Waals surface area contributed by atoms with Gasteiger partial charge in [-0.2, -0.15) is 5.26 Å². The number of hydrogen-bond acceptors (Lipinski definition) is 7. The summed E-state index contributed by atoms with van der Waals surface area (Å²) in [4.78, 5) is 22.9. The number of anilines is 1. The van der Waals surface area contributed by atoms with Crippen molar-refractivity contribution in [2.75, 3.05) is 19.0 Å². The maximum atomic E-state index is 12.5. The van der Waals surface area contributed by atoms with E-state index < -0.39 is 10.8 Å². The molecule has 0 aliphatic rings. The number of nitrogens with one attached hydrogen (secondary N) is 1. The molecule has 0 fully saturated rings. The molecular formula is C23H19N3O6. The van der Waals surface area contributed by atoms with E-state index in [1.807, 2.05) is 13.0 Å². The fourth-order valence-corrected chi connectivity index (χ4v) is 2.86. The third-order valence-corrected chi connectivity index (χ3v) is 4.36. The van der Waals surface area contributed by atoms with Gasteiger partial charge in [-0.1, -0.05) is 0 Å². The van der Waals surface area contributed by atoms with Crippen molar-refractivity contribution in [3.8, 4) is 28.9 Å². The summed E-state index contributed by atoms with van der Waals surface area (Å²) < 4.78 is 16.3. The van der Waals surface area contributed by atoms with Crippen LogP contribution in [0, 0.1) is 21.4 Å². The van der Waals surface area contributed by atoms with Gasteiger partial charge >= 0.3 is 0 Å². The van der Waals surface area contributed by atoms with Gasteiger partial charge in [-0.3, -0.25) is 14.9 Å². The molecule has 3 aromatic rings. The molecule has 162 valence electrons. The van der Waals surface area contributed by atoms with Crippen molar-refractivity contribution in [2.45, 2.75) is 6.92 Å². The summed E-state index contributed by atoms with van der Waals surface area (Å²) in [5, 5.41) is 23.0. The number of nitro benzene ring substituents is 1. The zero-order chi connectivity index (χ0) is 23.1. The Morgan fingerprint density at radius 2 is 1.97 bits per heavy atom. The van der Waals surface area contributed by atoms with Crippen molar-refractivity contribution in [3.63, 3.8) is 0 Å². The zero-order valence-corrected chi connectivity index (χ0v) is 17.3. The molecule has 9 heteroatoms. The van der Waals surface area contributed by atoms with Crippen molar-refractivity contribution in [1.82, 2.24) is 0 Å². The minimum Gasteiger partial charge on any atom is -0.496 e. The molecule has 1 aromatic heterocycles. The average Bonchev–Trinajstić information content (AvgIpc) is 3.26. The molecule has 0 saturated carbocycles. The SMILES string of the molecule is CCOc1ccc(NC(=O)/C(C#N)=C\c2ccc(-c3ccc([N+](=O)[O-])cc3OC)o2)cc1. The van der Waals surface area contributed by atoms with Crippen LogP contribution < -0.4 is 14.8 Å². The number of carbonyl (C=O) groups excluding carboxylic acids is 1. The van der Waals surface area contributed by atoms with Crippen LogP contribution in [0.2, 0.25) is 0 Å². The molecule has 9 nitrogen and oxygen atoms in total. The lowest BCUT2D eigenvalue weighted by Gasteiger charge is -2.06. The standard InChI is InChI=1S/C23H19N3O6/c1-3-31-18-7-4-16(5-8-18)25-23(27)15(14-24)12-19-9-11-21(32-19)20-10-6-17(26(28)29)13-22(20)30-2/h4-13H,3H2,1-2H3,(H,25,27)/b15-12-. The van der Waals surface area contributed by atoms with Gasteiger partial charge in [-0.25, -0.2) is 0 Å². The maximum Gasteiger partial charge on any atom is 0.273 e. The van der Waals surface area contributed by atoms with Gasteiger partial charge in [0.1, 0.15) is 34.7 Å². The summed E-state index contributed by atoms with van der Waals surface area (Å²) >= 11 is 0. The van der Waals surface area contributed by atoms with Crippen molar-refractivity contribution in [3.05, 3.63) is 76.0 Å². The van der Waals surface area contributed by atoms with Gasteiger partial charge in [-0.15, -0.1) is 0 Å². The van der Waals surface area contributed by atoms with Gasteiger partial charge in [0.25, 0.3) is 11.6 Å². The molecule has 3 rings (SSSR count). The van der Waals surface area contributed by atoms with E-state index in [0.717, 1.165) is 0 Å². The first kappa shape index (κ1) is 22.1. The van der Waals surface area contributed by atoms with Gasteiger partial charge < -0.3 is 19.2 Å². The highest BCUT2D eigenvalue weighted by Gasteiger charge is 2.16. The minimum atomic E-state index is -0.595. The molecule has 0 saturated heterocycles. The van der Waals surface area contributed by atoms with Gasteiger partial charge in [0.05, 0.1) is 30.3 Å². The van der Waals surface area contributed by atoms with Crippen LogP contribution in [0.5, 0.6) is 11.5 Å². The monoisotopic (exact) mass is 433 g/mol. The van der Waals surface area contributed by atoms with Crippen molar-refractivity contribution in [1.29, 1.82) is 5.26 Å². The van der Waals surface area contributed by atoms with Crippen LogP contribution in [0.4, 0.5) is 11.4 Å². The number of methoxy groups -OCH3 is 1. The Bertz CT molecular complexity index is 1210. The Morgan fingerprint density at radius 3 is 2.59 bits per heavy atom. The zero-order valence-electron chi connectivity index (χ0n) is 17.3. The topological polar surface area (TPSA) is 128 Å². The van der Waals surface area contributed by atoms with Gasteiger partial charge in [-0.05, 0) is 49.4 Å². The lowest BCUT2D eigenvalue weighted by atomic mass is 10.1. The van der Waals surface area contributed by atoms with E-state index in [1.54, 1.807) is 36.4 Å². The Labute approximate surface area is 183 Å². The third-order valence-electron chi connectivity index (χ3n) is 4.36. The summed E-state index contributed by atoms with van der Waals surface area (Å²) in [5.74, 6) is 0.970. The number of rotatable bonds is 8. The molecule has 0 bridgehead atoms. The summed E-state index contributed by atoms with van der Waals surface area (Å²) in [6, 6.07) is 16.0. The Hall–Kier alpha value is -4.58. The lowest BCUT2D eigenvalue weighted by Crippen LogP contribution is -2.13. The van der Waals surface area contributed by atoms with E-state index in [1.165, 1.54) is 31.4 Å². The second-order valence-electron chi connectivity index (χ2n) is 6.43. The molecule has 0 unspecified atom stereocenters. The molecule has 0 radical (unpaired) electrons. The largest absolute Gasteiger partial charge is 0.496 e. The molecule has 0 aliphatic carbocycles. The normalized spacial score (nSPS) is 10.8. The van der Waals surface area contributed by atoms with Crippen molar-refractivity contribution >= 4 is 23.4 Å². The molecule has 32 heavy (non-hydrogen) atoms. The first-order chi connectivity index (χ1) is 15.4. The smallest absolute Gasteiger partial charge is 0.273 e. The van der Waals surface area contributed by atoms with Crippen LogP contribution in [-0.2, 0) is 4.79 Å². The number of nitro groups is 1. The Balaban J connectivity index is 1.80. The van der Waals surface area contributed by atoms with E-state index in [9.17, 15) is 20.2 Å². The summed E-state index contributed by atoms with van der Waals surface area (Å²) in [6.45, 7) is 2.40. The number of nitriles is 1. The second kappa shape index (κ2) is 9.95. The molecule has 0 atom stereocenters. The van der Waals surface area contributed by atoms with Crippen LogP contribution in [0.1, 0.15) is 12.7 Å². The van der Waals surface area contributed by atoms with Crippen LogP contribution in [0.25, 0.3) is 17.4 Å². The molecule has 0 aliphatic heterocycles. The van der Waals surface area contributed by atoms with Crippen LogP contribution >= 0.6 is 0 Å². The van der Waals surface area contributed by atoms with E-state index in [2.05, 4.69) is 5.32 Å². The highest BCUT2D eigenvalue weighted by Crippen LogP contribution is 2.34. The first-order valence-corrected chi connectivity index (χ1v) is 9.53. The summed E-state index contributed by atoms with van der Waals surface area (Å²) in [6.07, 6.45) is 1.31. The second-order valence-corrected chi connectivity index (χ2v) is 6.43. The molecular weight excluding hydrogens is 414 g/mol. The highest BCUT2D eigenvalue weighted by atomic mass is 16.6. The number of benzene rings is 2. The molecule has 1 N–H and O–H groups in total. The number of amides is 1. The number of carbonyl (C=O) groups is 1. The fraction of sp³-hybridized carbons (Fsp3) is 0.130. The summed E-state index contributed by atoms with van der Waals surface area (Å²) in [5.41, 5.74) is 0.732. The van der Waals surface area contributed by atoms with Crippen LogP contribution in [-0.4, -0.2) is 24.5 Å². The van der Waals surface area contributed by atoms with E-state index in [4.69, 9.17) is 13.9 Å². The lowest BCUT2D eigenvalue weighted by molar-refractivity contribution is -0.384. The van der Waals surface area contributed by atoms with E-state index >= 15 is 0 Å².